The van der Waals surface area contributed by atoms with E-state index in [2.05, 4.69) is 4.98 Å². The third-order valence-corrected chi connectivity index (χ3v) is 4.84. The lowest BCUT2D eigenvalue weighted by Crippen LogP contribution is -2.36. The van der Waals surface area contributed by atoms with Crippen molar-refractivity contribution in [1.82, 2.24) is 14.5 Å². The first-order chi connectivity index (χ1) is 12.2. The average Bonchev–Trinajstić information content (AvgIpc) is 3.29. The van der Waals surface area contributed by atoms with E-state index in [1.54, 1.807) is 27.8 Å². The fourth-order valence-electron chi connectivity index (χ4n) is 3.35. The molecule has 4 heterocycles. The summed E-state index contributed by atoms with van der Waals surface area (Å²) in [7, 11) is 0. The Balaban J connectivity index is 1.39. The van der Waals surface area contributed by atoms with Gasteiger partial charge in [0.15, 0.2) is 5.89 Å². The van der Waals surface area contributed by atoms with Crippen LogP contribution < -0.4 is 5.56 Å². The Morgan fingerprint density at radius 1 is 1.36 bits per heavy atom. The van der Waals surface area contributed by atoms with E-state index >= 15 is 0 Å². The largest absolute Gasteiger partial charge is 0.445 e. The normalized spacial score (nSPS) is 19.8. The summed E-state index contributed by atoms with van der Waals surface area (Å²) < 4.78 is 12.8. The number of aromatic nitrogens is 2. The maximum absolute atomic E-state index is 12.5. The van der Waals surface area contributed by atoms with Crippen molar-refractivity contribution >= 4 is 5.91 Å². The number of nitrogens with zero attached hydrogens (tertiary/aromatic N) is 3. The van der Waals surface area contributed by atoms with Crippen LogP contribution in [-0.2, 0) is 29.0 Å². The quantitative estimate of drug-likeness (QED) is 0.837. The van der Waals surface area contributed by atoms with Crippen LogP contribution in [0.1, 0.15) is 36.1 Å². The number of hydrogen-bond donors (Lipinski definition) is 0. The number of hydrogen-bond acceptors (Lipinski definition) is 5. The lowest BCUT2D eigenvalue weighted by Gasteiger charge is -2.25. The molecule has 2 aliphatic rings. The van der Waals surface area contributed by atoms with Gasteiger partial charge in [0.2, 0.25) is 5.91 Å². The van der Waals surface area contributed by atoms with Gasteiger partial charge in [-0.1, -0.05) is 6.07 Å². The van der Waals surface area contributed by atoms with Crippen LogP contribution in [0.4, 0.5) is 0 Å². The molecule has 7 heteroatoms. The number of carbonyl (C=O) groups excluding carboxylic acids is 1. The van der Waals surface area contributed by atoms with E-state index in [1.165, 1.54) is 6.07 Å². The zero-order chi connectivity index (χ0) is 17.2. The topological polar surface area (TPSA) is 77.6 Å². The van der Waals surface area contributed by atoms with E-state index in [9.17, 15) is 9.59 Å². The van der Waals surface area contributed by atoms with Gasteiger partial charge in [0.25, 0.3) is 5.56 Å². The maximum Gasteiger partial charge on any atom is 0.250 e. The second-order valence-electron chi connectivity index (χ2n) is 6.53. The first-order valence-electron chi connectivity index (χ1n) is 8.70. The summed E-state index contributed by atoms with van der Waals surface area (Å²) in [4.78, 5) is 30.6. The molecule has 1 atom stereocenters. The summed E-state index contributed by atoms with van der Waals surface area (Å²) in [5.41, 5.74) is 0.773. The number of rotatable bonds is 4. The summed E-state index contributed by atoms with van der Waals surface area (Å²) in [6.45, 7) is 2.92. The van der Waals surface area contributed by atoms with Crippen molar-refractivity contribution in [2.24, 2.45) is 0 Å². The molecule has 4 rings (SSSR count). The molecule has 0 N–H and O–H groups in total. The molecule has 25 heavy (non-hydrogen) atoms. The lowest BCUT2D eigenvalue weighted by molar-refractivity contribution is -0.132. The van der Waals surface area contributed by atoms with Gasteiger partial charge in [-0.25, -0.2) is 4.98 Å². The zero-order valence-corrected chi connectivity index (χ0v) is 14.0. The van der Waals surface area contributed by atoms with Crippen LogP contribution in [-0.4, -0.2) is 40.1 Å². The summed E-state index contributed by atoms with van der Waals surface area (Å²) >= 11 is 0. The smallest absolute Gasteiger partial charge is 0.250 e. The van der Waals surface area contributed by atoms with Crippen LogP contribution >= 0.6 is 0 Å². The van der Waals surface area contributed by atoms with Crippen molar-refractivity contribution in [3.8, 4) is 0 Å². The van der Waals surface area contributed by atoms with Gasteiger partial charge in [-0.3, -0.25) is 9.59 Å². The minimum absolute atomic E-state index is 0.0372. The minimum atomic E-state index is -0.0869. The molecule has 0 spiro atoms. The first-order valence-corrected chi connectivity index (χ1v) is 8.70. The average molecular weight is 343 g/mol. The first kappa shape index (κ1) is 16.1. The molecule has 0 radical (unpaired) electrons. The molecule has 0 bridgehead atoms. The molecule has 2 aromatic heterocycles. The minimum Gasteiger partial charge on any atom is -0.445 e. The van der Waals surface area contributed by atoms with E-state index in [4.69, 9.17) is 9.15 Å². The van der Waals surface area contributed by atoms with Crippen LogP contribution in [0, 0.1) is 0 Å². The second-order valence-corrected chi connectivity index (χ2v) is 6.53. The van der Waals surface area contributed by atoms with Crippen LogP contribution in [0.5, 0.6) is 0 Å². The summed E-state index contributed by atoms with van der Waals surface area (Å²) in [5.74, 6) is 1.91. The molecule has 1 unspecified atom stereocenters. The Bertz CT molecular complexity index is 820. The predicted octanol–water partition coefficient (Wildman–Crippen LogP) is 1.32. The zero-order valence-electron chi connectivity index (χ0n) is 14.0. The predicted molar refractivity (Wildman–Crippen MR) is 89.1 cm³/mol. The number of pyridine rings is 1. The van der Waals surface area contributed by atoms with E-state index in [0.717, 1.165) is 30.4 Å². The van der Waals surface area contributed by atoms with E-state index < -0.39 is 0 Å². The second kappa shape index (κ2) is 6.84. The Kier molecular flexibility index (Phi) is 4.40. The van der Waals surface area contributed by atoms with Gasteiger partial charge in [0.1, 0.15) is 11.5 Å². The third kappa shape index (κ3) is 3.37. The van der Waals surface area contributed by atoms with Crippen LogP contribution in [0.15, 0.2) is 33.6 Å². The van der Waals surface area contributed by atoms with Crippen molar-refractivity contribution in [1.29, 1.82) is 0 Å². The van der Waals surface area contributed by atoms with Gasteiger partial charge in [-0.05, 0) is 12.5 Å². The molecule has 0 aromatic carbocycles. The van der Waals surface area contributed by atoms with Crippen molar-refractivity contribution in [3.63, 3.8) is 0 Å². The Morgan fingerprint density at radius 2 is 2.28 bits per heavy atom. The SMILES string of the molecule is O=C(CCn1ccccc1=O)N1CCc2oc(C3CCOC3)nc2C1. The maximum atomic E-state index is 12.5. The highest BCUT2D eigenvalue weighted by molar-refractivity contribution is 5.76. The van der Waals surface area contributed by atoms with Gasteiger partial charge in [-0.2, -0.15) is 0 Å². The van der Waals surface area contributed by atoms with E-state index in [0.29, 0.717) is 39.1 Å². The summed E-state index contributed by atoms with van der Waals surface area (Å²) in [6.07, 6.45) is 3.64. The number of fused-ring (bicyclic) bond motifs is 1. The van der Waals surface area contributed by atoms with E-state index in [-0.39, 0.29) is 17.4 Å². The van der Waals surface area contributed by atoms with Crippen molar-refractivity contribution in [3.05, 3.63) is 52.1 Å². The highest BCUT2D eigenvalue weighted by Crippen LogP contribution is 2.28. The van der Waals surface area contributed by atoms with Crippen LogP contribution in [0.2, 0.25) is 0 Å². The molecular formula is C18H21N3O4. The standard InChI is InChI=1S/C18H21N3O4/c22-16-3-1-2-7-20(16)9-5-17(23)21-8-4-15-14(11-21)19-18(25-15)13-6-10-24-12-13/h1-3,7,13H,4-6,8-12H2. The Labute approximate surface area is 145 Å². The number of oxazole rings is 1. The summed E-state index contributed by atoms with van der Waals surface area (Å²) in [6, 6.07) is 4.99. The van der Waals surface area contributed by atoms with Crippen molar-refractivity contribution in [2.45, 2.75) is 38.3 Å². The molecule has 1 fully saturated rings. The van der Waals surface area contributed by atoms with Crippen LogP contribution in [0.25, 0.3) is 0 Å². The third-order valence-electron chi connectivity index (χ3n) is 4.84. The number of ether oxygens (including phenoxy) is 1. The number of amides is 1. The van der Waals surface area contributed by atoms with Gasteiger partial charge in [0.05, 0.1) is 19.1 Å². The number of carbonyl (C=O) groups is 1. The Hall–Kier alpha value is -2.41. The lowest BCUT2D eigenvalue weighted by atomic mass is 10.1. The van der Waals surface area contributed by atoms with Gasteiger partial charge >= 0.3 is 0 Å². The molecule has 1 amide bonds. The molecule has 7 nitrogen and oxygen atoms in total. The Morgan fingerprint density at radius 3 is 3.08 bits per heavy atom. The molecule has 0 aliphatic carbocycles. The molecule has 0 saturated carbocycles. The molecule has 2 aromatic rings. The highest BCUT2D eigenvalue weighted by atomic mass is 16.5. The van der Waals surface area contributed by atoms with Crippen molar-refractivity contribution in [2.75, 3.05) is 19.8 Å². The highest BCUT2D eigenvalue weighted by Gasteiger charge is 2.29. The fraction of sp³-hybridized carbons (Fsp3) is 0.500. The number of aryl methyl sites for hydroxylation is 1. The monoisotopic (exact) mass is 343 g/mol. The van der Waals surface area contributed by atoms with Gasteiger partial charge in [0, 0.05) is 44.8 Å². The molecular weight excluding hydrogens is 322 g/mol. The molecule has 1 saturated heterocycles. The molecule has 2 aliphatic heterocycles. The van der Waals surface area contributed by atoms with E-state index in [1.807, 2.05) is 0 Å². The fourth-order valence-corrected chi connectivity index (χ4v) is 3.35. The van der Waals surface area contributed by atoms with Gasteiger partial charge in [-0.15, -0.1) is 0 Å². The van der Waals surface area contributed by atoms with Crippen LogP contribution in [0.3, 0.4) is 0 Å². The molecule has 132 valence electrons. The van der Waals surface area contributed by atoms with Gasteiger partial charge < -0.3 is 18.6 Å². The summed E-state index contributed by atoms with van der Waals surface area (Å²) in [5, 5.41) is 0. The van der Waals surface area contributed by atoms with Crippen molar-refractivity contribution < 1.29 is 13.9 Å².